The fourth-order valence-electron chi connectivity index (χ4n) is 3.84. The summed E-state index contributed by atoms with van der Waals surface area (Å²) in [5.74, 6) is 2.59. The van der Waals surface area contributed by atoms with Gasteiger partial charge in [-0.15, -0.1) is 0 Å². The second kappa shape index (κ2) is 15.0. The Hall–Kier alpha value is -1.90. The van der Waals surface area contributed by atoms with Gasteiger partial charge in [0.1, 0.15) is 5.75 Å². The molecule has 172 valence electrons. The van der Waals surface area contributed by atoms with Crippen molar-refractivity contribution in [1.82, 2.24) is 9.97 Å². The molecule has 1 aromatic heterocycles. The molecule has 2 aromatic rings. The number of aromatic nitrogens is 2. The third-order valence-electron chi connectivity index (χ3n) is 6.23. The second-order valence-corrected chi connectivity index (χ2v) is 9.18. The number of benzene rings is 1. The first-order chi connectivity index (χ1) is 15.1. The molecule has 0 aliphatic carbocycles. The number of rotatable bonds is 16. The van der Waals surface area contributed by atoms with Crippen LogP contribution < -0.4 is 4.74 Å². The molecule has 31 heavy (non-hydrogen) atoms. The summed E-state index contributed by atoms with van der Waals surface area (Å²) in [6.07, 6.45) is 19.5. The monoisotopic (exact) mass is 424 g/mol. The van der Waals surface area contributed by atoms with Crippen molar-refractivity contribution in [2.45, 2.75) is 111 Å². The lowest BCUT2D eigenvalue weighted by Gasteiger charge is -2.14. The number of nitrogens with zero attached hydrogens (tertiary/aromatic N) is 2. The summed E-state index contributed by atoms with van der Waals surface area (Å²) in [6, 6.07) is 8.19. The molecule has 0 unspecified atom stereocenters. The topological polar surface area (TPSA) is 35.0 Å². The first-order valence-electron chi connectivity index (χ1n) is 12.7. The van der Waals surface area contributed by atoms with E-state index in [2.05, 4.69) is 49.8 Å². The lowest BCUT2D eigenvalue weighted by atomic mass is 10.00. The molecule has 0 fully saturated rings. The van der Waals surface area contributed by atoms with Gasteiger partial charge in [0.05, 0.1) is 6.10 Å². The average molecular weight is 425 g/mol. The highest BCUT2D eigenvalue weighted by Crippen LogP contribution is 2.21. The molecule has 2 rings (SSSR count). The van der Waals surface area contributed by atoms with Gasteiger partial charge < -0.3 is 4.74 Å². The van der Waals surface area contributed by atoms with Crippen molar-refractivity contribution < 1.29 is 4.74 Å². The smallest absolute Gasteiger partial charge is 0.159 e. The largest absolute Gasteiger partial charge is 0.491 e. The molecule has 0 saturated heterocycles. The van der Waals surface area contributed by atoms with E-state index in [4.69, 9.17) is 4.74 Å². The third-order valence-corrected chi connectivity index (χ3v) is 6.23. The maximum absolute atomic E-state index is 6.06. The van der Waals surface area contributed by atoms with Gasteiger partial charge in [-0.05, 0) is 68.4 Å². The molecule has 1 heterocycles. The zero-order valence-corrected chi connectivity index (χ0v) is 20.4. The lowest BCUT2D eigenvalue weighted by Crippen LogP contribution is -2.11. The van der Waals surface area contributed by atoms with Gasteiger partial charge in [-0.3, -0.25) is 0 Å². The van der Waals surface area contributed by atoms with Crippen LogP contribution in [0.4, 0.5) is 0 Å². The quantitative estimate of drug-likeness (QED) is 0.254. The van der Waals surface area contributed by atoms with Crippen LogP contribution in [0.25, 0.3) is 11.4 Å². The van der Waals surface area contributed by atoms with Gasteiger partial charge in [0.15, 0.2) is 5.82 Å². The van der Waals surface area contributed by atoms with Crippen LogP contribution in [-0.2, 0) is 6.42 Å². The van der Waals surface area contributed by atoms with Gasteiger partial charge in [0, 0.05) is 18.0 Å². The van der Waals surface area contributed by atoms with Crippen molar-refractivity contribution in [3.05, 3.63) is 42.2 Å². The molecule has 1 aromatic carbocycles. The number of aryl methyl sites for hydroxylation is 1. The minimum atomic E-state index is 0.258. The van der Waals surface area contributed by atoms with Crippen molar-refractivity contribution in [2.24, 2.45) is 5.92 Å². The number of hydrogen-bond acceptors (Lipinski definition) is 3. The maximum Gasteiger partial charge on any atom is 0.159 e. The van der Waals surface area contributed by atoms with E-state index in [0.717, 1.165) is 35.9 Å². The SMILES string of the molecule is CCCCCC[C@@H](C)Oc1ccc(-c2ncc(CCCCCC[C@@H](C)CC)cn2)cc1. The Morgan fingerprint density at radius 1 is 0.774 bits per heavy atom. The lowest BCUT2D eigenvalue weighted by molar-refractivity contribution is 0.206. The highest BCUT2D eigenvalue weighted by Gasteiger charge is 2.06. The summed E-state index contributed by atoms with van der Waals surface area (Å²) >= 11 is 0. The number of unbranched alkanes of at least 4 members (excludes halogenated alkanes) is 6. The van der Waals surface area contributed by atoms with E-state index in [-0.39, 0.29) is 6.10 Å². The van der Waals surface area contributed by atoms with E-state index < -0.39 is 0 Å². The zero-order chi connectivity index (χ0) is 22.3. The van der Waals surface area contributed by atoms with E-state index in [9.17, 15) is 0 Å². The summed E-state index contributed by atoms with van der Waals surface area (Å²) in [5, 5.41) is 0. The maximum atomic E-state index is 6.06. The van der Waals surface area contributed by atoms with E-state index >= 15 is 0 Å². The minimum Gasteiger partial charge on any atom is -0.491 e. The summed E-state index contributed by atoms with van der Waals surface area (Å²) in [6.45, 7) is 9.05. The van der Waals surface area contributed by atoms with Crippen LogP contribution in [0.1, 0.15) is 104 Å². The molecular formula is C28H44N2O. The van der Waals surface area contributed by atoms with Crippen molar-refractivity contribution in [3.8, 4) is 17.1 Å². The van der Waals surface area contributed by atoms with Gasteiger partial charge in [-0.1, -0.05) is 72.1 Å². The first kappa shape index (κ1) is 25.4. The van der Waals surface area contributed by atoms with Crippen LogP contribution in [0.15, 0.2) is 36.7 Å². The van der Waals surface area contributed by atoms with Gasteiger partial charge in [-0.2, -0.15) is 0 Å². The molecule has 3 nitrogen and oxygen atoms in total. The summed E-state index contributed by atoms with van der Waals surface area (Å²) in [5.41, 5.74) is 2.28. The minimum absolute atomic E-state index is 0.258. The Labute approximate surface area is 191 Å². The van der Waals surface area contributed by atoms with Crippen molar-refractivity contribution in [3.63, 3.8) is 0 Å². The molecule has 3 heteroatoms. The Morgan fingerprint density at radius 2 is 1.42 bits per heavy atom. The summed E-state index contributed by atoms with van der Waals surface area (Å²) < 4.78 is 6.06. The molecule has 0 amide bonds. The van der Waals surface area contributed by atoms with Gasteiger partial charge in [0.25, 0.3) is 0 Å². The number of hydrogen-bond donors (Lipinski definition) is 0. The van der Waals surface area contributed by atoms with Crippen molar-refractivity contribution in [1.29, 1.82) is 0 Å². The molecule has 0 N–H and O–H groups in total. The predicted molar refractivity (Wildman–Crippen MR) is 133 cm³/mol. The Bertz CT molecular complexity index is 696. The van der Waals surface area contributed by atoms with Crippen LogP contribution in [0.5, 0.6) is 5.75 Å². The molecule has 0 spiro atoms. The summed E-state index contributed by atoms with van der Waals surface area (Å²) in [4.78, 5) is 9.19. The van der Waals surface area contributed by atoms with E-state index in [1.807, 2.05) is 24.5 Å². The average Bonchev–Trinajstić information content (AvgIpc) is 2.80. The van der Waals surface area contributed by atoms with Crippen molar-refractivity contribution >= 4 is 0 Å². The van der Waals surface area contributed by atoms with Gasteiger partial charge in [-0.25, -0.2) is 9.97 Å². The molecule has 0 aliphatic heterocycles. The van der Waals surface area contributed by atoms with Crippen LogP contribution in [0.3, 0.4) is 0 Å². The molecule has 0 radical (unpaired) electrons. The third kappa shape index (κ3) is 10.3. The van der Waals surface area contributed by atoms with E-state index in [1.54, 1.807) is 0 Å². The highest BCUT2D eigenvalue weighted by atomic mass is 16.5. The van der Waals surface area contributed by atoms with Crippen molar-refractivity contribution in [2.75, 3.05) is 0 Å². The fraction of sp³-hybridized carbons (Fsp3) is 0.643. The fourth-order valence-corrected chi connectivity index (χ4v) is 3.84. The molecule has 0 aliphatic rings. The highest BCUT2D eigenvalue weighted by molar-refractivity contribution is 5.55. The molecule has 0 bridgehead atoms. The predicted octanol–water partition coefficient (Wildman–Crippen LogP) is 8.42. The molecular weight excluding hydrogens is 380 g/mol. The van der Waals surface area contributed by atoms with Crippen LogP contribution >= 0.6 is 0 Å². The first-order valence-corrected chi connectivity index (χ1v) is 12.7. The Balaban J connectivity index is 1.72. The molecule has 2 atom stereocenters. The van der Waals surface area contributed by atoms with Crippen LogP contribution in [-0.4, -0.2) is 16.1 Å². The second-order valence-electron chi connectivity index (χ2n) is 9.18. The van der Waals surface area contributed by atoms with Crippen LogP contribution in [0, 0.1) is 5.92 Å². The summed E-state index contributed by atoms with van der Waals surface area (Å²) in [7, 11) is 0. The zero-order valence-electron chi connectivity index (χ0n) is 20.4. The Kier molecular flexibility index (Phi) is 12.3. The van der Waals surface area contributed by atoms with Crippen LogP contribution in [0.2, 0.25) is 0 Å². The van der Waals surface area contributed by atoms with E-state index in [0.29, 0.717) is 0 Å². The molecule has 0 saturated carbocycles. The van der Waals surface area contributed by atoms with Gasteiger partial charge in [0.2, 0.25) is 0 Å². The Morgan fingerprint density at radius 3 is 2.10 bits per heavy atom. The normalized spacial score (nSPS) is 13.2. The van der Waals surface area contributed by atoms with Gasteiger partial charge >= 0.3 is 0 Å². The standard InChI is InChI=1S/C28H44N2O/c1-5-7-8-12-15-24(4)31-27-19-17-26(18-20-27)28-29-21-25(22-30-28)16-13-10-9-11-14-23(3)6-2/h17-24H,5-16H2,1-4H3/t23-,24+/m0/s1. The number of ether oxygens (including phenoxy) is 1. The van der Waals surface area contributed by atoms with E-state index in [1.165, 1.54) is 69.8 Å².